The van der Waals surface area contributed by atoms with Gasteiger partial charge in [0, 0.05) is 37.2 Å². The van der Waals surface area contributed by atoms with E-state index in [9.17, 15) is 14.7 Å². The van der Waals surface area contributed by atoms with E-state index in [4.69, 9.17) is 0 Å². The van der Waals surface area contributed by atoms with Crippen LogP contribution in [0.15, 0.2) is 48.6 Å². The van der Waals surface area contributed by atoms with Crippen LogP contribution in [0.3, 0.4) is 0 Å². The second kappa shape index (κ2) is 9.20. The third-order valence-corrected chi connectivity index (χ3v) is 5.32. The Balaban J connectivity index is 0.00000261. The Kier molecular flexibility index (Phi) is 7.22. The lowest BCUT2D eigenvalue weighted by Gasteiger charge is -2.36. The topological polar surface area (TPSA) is 60.9 Å². The molecule has 1 saturated heterocycles. The first-order valence-corrected chi connectivity index (χ1v) is 9.13. The van der Waals surface area contributed by atoms with Crippen molar-refractivity contribution in [2.75, 3.05) is 32.7 Å². The summed E-state index contributed by atoms with van der Waals surface area (Å²) in [4.78, 5) is 29.1. The fourth-order valence-corrected chi connectivity index (χ4v) is 3.41. The van der Waals surface area contributed by atoms with E-state index in [1.165, 1.54) is 0 Å². The second-order valence-corrected chi connectivity index (χ2v) is 7.29. The number of rotatable bonds is 5. The summed E-state index contributed by atoms with van der Waals surface area (Å²) in [5, 5.41) is 9.82. The number of aromatic hydroxyl groups is 1. The van der Waals surface area contributed by atoms with Gasteiger partial charge in [0.25, 0.3) is 0 Å². The number of phenolic OH excluding ortho intramolecular Hbond substituents is 1. The van der Waals surface area contributed by atoms with E-state index in [1.807, 2.05) is 42.2 Å². The predicted molar refractivity (Wildman–Crippen MR) is 108 cm³/mol. The number of Topliss-reactive ketones (excluding diaryl/α,β-unsaturated/α-hetero) is 1. The first kappa shape index (κ1) is 21.2. The van der Waals surface area contributed by atoms with Crippen LogP contribution >= 0.6 is 12.4 Å². The minimum absolute atomic E-state index is 0. The maximum absolute atomic E-state index is 12.6. The average molecular weight is 391 g/mol. The molecule has 0 saturated carbocycles. The van der Waals surface area contributed by atoms with Crippen LogP contribution in [0.4, 0.5) is 0 Å². The molecule has 2 aliphatic rings. The van der Waals surface area contributed by atoms with Gasteiger partial charge in [0.1, 0.15) is 5.75 Å². The van der Waals surface area contributed by atoms with Crippen LogP contribution in [0.25, 0.3) is 0 Å². The van der Waals surface area contributed by atoms with E-state index in [-0.39, 0.29) is 36.3 Å². The molecule has 1 heterocycles. The molecule has 1 unspecified atom stereocenters. The van der Waals surface area contributed by atoms with Gasteiger partial charge in [-0.1, -0.05) is 42.5 Å². The normalized spacial score (nSPS) is 22.3. The molecule has 3 rings (SSSR count). The Hall–Kier alpha value is -2.11. The van der Waals surface area contributed by atoms with Crippen molar-refractivity contribution in [1.29, 1.82) is 0 Å². The van der Waals surface area contributed by atoms with Gasteiger partial charge in [0.2, 0.25) is 5.91 Å². The maximum atomic E-state index is 12.6. The number of para-hydroxylation sites is 1. The van der Waals surface area contributed by atoms with Gasteiger partial charge in [0.15, 0.2) is 5.78 Å². The molecule has 1 fully saturated rings. The summed E-state index contributed by atoms with van der Waals surface area (Å²) in [5.41, 5.74) is 0.243. The van der Waals surface area contributed by atoms with Crippen LogP contribution in [0, 0.1) is 5.41 Å². The Morgan fingerprint density at radius 1 is 1.11 bits per heavy atom. The maximum Gasteiger partial charge on any atom is 0.227 e. The summed E-state index contributed by atoms with van der Waals surface area (Å²) in [6.07, 6.45) is 8.90. The van der Waals surface area contributed by atoms with Crippen molar-refractivity contribution < 1.29 is 14.7 Å². The third kappa shape index (κ3) is 5.21. The number of hydrogen-bond acceptors (Lipinski definition) is 4. The lowest BCUT2D eigenvalue weighted by Crippen LogP contribution is -2.51. The molecular weight excluding hydrogens is 364 g/mol. The molecule has 27 heavy (non-hydrogen) atoms. The van der Waals surface area contributed by atoms with Gasteiger partial charge in [-0.2, -0.15) is 0 Å². The predicted octanol–water partition coefficient (Wildman–Crippen LogP) is 2.59. The van der Waals surface area contributed by atoms with Gasteiger partial charge in [0.05, 0.1) is 13.0 Å². The number of hydrogen-bond donors (Lipinski definition) is 1. The van der Waals surface area contributed by atoms with E-state index >= 15 is 0 Å². The van der Waals surface area contributed by atoms with Gasteiger partial charge < -0.3 is 10.0 Å². The van der Waals surface area contributed by atoms with Crippen LogP contribution in [0.1, 0.15) is 18.9 Å². The first-order chi connectivity index (χ1) is 12.5. The monoisotopic (exact) mass is 390 g/mol. The summed E-state index contributed by atoms with van der Waals surface area (Å²) in [5.74, 6) is 0.407. The molecule has 1 aliphatic heterocycles. The van der Waals surface area contributed by atoms with Crippen LogP contribution in [0.2, 0.25) is 0 Å². The Morgan fingerprint density at radius 2 is 1.81 bits per heavy atom. The number of piperazine rings is 1. The summed E-state index contributed by atoms with van der Waals surface area (Å²) in [6.45, 7) is 5.05. The summed E-state index contributed by atoms with van der Waals surface area (Å²) in [7, 11) is 0. The SMILES string of the molecule is CC1(C(=O)CN2CCN(C(=O)Cc3ccccc3O)CC2)C=CC=CC1.Cl. The lowest BCUT2D eigenvalue weighted by molar-refractivity contribution is -0.133. The van der Waals surface area contributed by atoms with E-state index in [0.29, 0.717) is 38.3 Å². The highest BCUT2D eigenvalue weighted by molar-refractivity contribution is 5.88. The number of carbonyl (C=O) groups is 2. The number of halogens is 1. The molecule has 0 aromatic heterocycles. The molecule has 0 spiro atoms. The first-order valence-electron chi connectivity index (χ1n) is 9.13. The van der Waals surface area contributed by atoms with Crippen molar-refractivity contribution in [3.63, 3.8) is 0 Å². The van der Waals surface area contributed by atoms with Crippen LogP contribution in [-0.4, -0.2) is 59.3 Å². The highest BCUT2D eigenvalue weighted by atomic mass is 35.5. The zero-order valence-electron chi connectivity index (χ0n) is 15.6. The van der Waals surface area contributed by atoms with Crippen molar-refractivity contribution in [3.05, 3.63) is 54.1 Å². The van der Waals surface area contributed by atoms with Crippen molar-refractivity contribution in [2.45, 2.75) is 19.8 Å². The number of amides is 1. The smallest absolute Gasteiger partial charge is 0.227 e. The van der Waals surface area contributed by atoms with Crippen molar-refractivity contribution in [1.82, 2.24) is 9.80 Å². The Morgan fingerprint density at radius 3 is 2.44 bits per heavy atom. The fourth-order valence-electron chi connectivity index (χ4n) is 3.41. The number of ketones is 1. The molecule has 6 heteroatoms. The average Bonchev–Trinajstić information content (AvgIpc) is 2.65. The van der Waals surface area contributed by atoms with Gasteiger partial charge >= 0.3 is 0 Å². The number of carbonyl (C=O) groups excluding carboxylic acids is 2. The highest BCUT2D eigenvalue weighted by Gasteiger charge is 2.32. The van der Waals surface area contributed by atoms with Crippen molar-refractivity contribution >= 4 is 24.1 Å². The number of nitrogens with zero attached hydrogens (tertiary/aromatic N) is 2. The molecule has 1 aromatic carbocycles. The van der Waals surface area contributed by atoms with Crippen LogP contribution in [0.5, 0.6) is 5.75 Å². The molecule has 1 aromatic rings. The van der Waals surface area contributed by atoms with E-state index in [0.717, 1.165) is 6.42 Å². The molecule has 0 bridgehead atoms. The van der Waals surface area contributed by atoms with Gasteiger partial charge in [-0.05, 0) is 19.4 Å². The van der Waals surface area contributed by atoms with E-state index in [2.05, 4.69) is 4.90 Å². The van der Waals surface area contributed by atoms with Gasteiger partial charge in [-0.15, -0.1) is 12.4 Å². The van der Waals surface area contributed by atoms with Gasteiger partial charge in [-0.3, -0.25) is 14.5 Å². The standard InChI is InChI=1S/C21H26N2O3.ClH/c1-21(9-5-2-6-10-21)19(25)16-22-11-13-23(14-12-22)20(26)15-17-7-3-4-8-18(17)24;/h2-9,24H,10-16H2,1H3;1H. The zero-order chi connectivity index (χ0) is 18.6. The largest absolute Gasteiger partial charge is 0.508 e. The number of benzene rings is 1. The quantitative estimate of drug-likeness (QED) is 0.839. The minimum atomic E-state index is -0.410. The summed E-state index contributed by atoms with van der Waals surface area (Å²) in [6, 6.07) is 6.94. The molecule has 146 valence electrons. The minimum Gasteiger partial charge on any atom is -0.508 e. The molecular formula is C21H27ClN2O3. The Bertz CT molecular complexity index is 739. The van der Waals surface area contributed by atoms with Crippen LogP contribution < -0.4 is 0 Å². The third-order valence-electron chi connectivity index (χ3n) is 5.32. The zero-order valence-corrected chi connectivity index (χ0v) is 16.5. The second-order valence-electron chi connectivity index (χ2n) is 7.29. The molecule has 1 N–H and O–H groups in total. The number of phenols is 1. The summed E-state index contributed by atoms with van der Waals surface area (Å²) >= 11 is 0. The van der Waals surface area contributed by atoms with Crippen LogP contribution in [-0.2, 0) is 16.0 Å². The lowest BCUT2D eigenvalue weighted by atomic mass is 9.79. The molecule has 1 amide bonds. The molecule has 1 aliphatic carbocycles. The summed E-state index contributed by atoms with van der Waals surface area (Å²) < 4.78 is 0. The van der Waals surface area contributed by atoms with Gasteiger partial charge in [-0.25, -0.2) is 0 Å². The van der Waals surface area contributed by atoms with Crippen molar-refractivity contribution in [3.8, 4) is 5.75 Å². The van der Waals surface area contributed by atoms with Crippen molar-refractivity contribution in [2.24, 2.45) is 5.41 Å². The van der Waals surface area contributed by atoms with E-state index < -0.39 is 5.41 Å². The molecule has 0 radical (unpaired) electrons. The Labute approximate surface area is 166 Å². The highest BCUT2D eigenvalue weighted by Crippen LogP contribution is 2.28. The number of allylic oxidation sites excluding steroid dienone is 4. The fraction of sp³-hybridized carbons (Fsp3) is 0.429. The van der Waals surface area contributed by atoms with E-state index in [1.54, 1.807) is 18.2 Å². The molecule has 1 atom stereocenters. The molecule has 5 nitrogen and oxygen atoms in total.